The van der Waals surface area contributed by atoms with Crippen molar-refractivity contribution in [2.75, 3.05) is 13.2 Å². The van der Waals surface area contributed by atoms with Crippen molar-refractivity contribution in [3.8, 4) is 0 Å². The number of hydrogen-bond acceptors (Lipinski definition) is 2. The molecule has 1 heterocycles. The molecule has 1 aromatic carbocycles. The van der Waals surface area contributed by atoms with E-state index >= 15 is 0 Å². The van der Waals surface area contributed by atoms with Gasteiger partial charge >= 0.3 is 0 Å². The van der Waals surface area contributed by atoms with Crippen molar-refractivity contribution in [2.45, 2.75) is 19.3 Å². The summed E-state index contributed by atoms with van der Waals surface area (Å²) in [5, 5.41) is 0.350. The number of carbonyl (C=O) groups excluding carboxylic acids is 1. The van der Waals surface area contributed by atoms with Gasteiger partial charge in [0.05, 0.1) is 0 Å². The first kappa shape index (κ1) is 12.5. The molecule has 1 aromatic rings. The van der Waals surface area contributed by atoms with E-state index < -0.39 is 5.82 Å². The summed E-state index contributed by atoms with van der Waals surface area (Å²) in [6.45, 7) is 1.38. The van der Waals surface area contributed by atoms with Crippen LogP contribution < -0.4 is 0 Å². The summed E-state index contributed by atoms with van der Waals surface area (Å²) in [5.74, 6) is -0.0481. The molecule has 0 aromatic heterocycles. The highest BCUT2D eigenvalue weighted by Gasteiger charge is 2.19. The SMILES string of the molecule is O=C(Cc1ccc(Cl)cc1F)CC1CCOC1. The van der Waals surface area contributed by atoms with Gasteiger partial charge < -0.3 is 4.74 Å². The fourth-order valence-corrected chi connectivity index (χ4v) is 2.17. The molecule has 1 aliphatic heterocycles. The van der Waals surface area contributed by atoms with E-state index in [1.165, 1.54) is 6.07 Å². The van der Waals surface area contributed by atoms with Crippen molar-refractivity contribution < 1.29 is 13.9 Å². The fourth-order valence-electron chi connectivity index (χ4n) is 2.02. The third-order valence-corrected chi connectivity index (χ3v) is 3.18. The van der Waals surface area contributed by atoms with Gasteiger partial charge in [0.1, 0.15) is 11.6 Å². The zero-order valence-corrected chi connectivity index (χ0v) is 10.2. The van der Waals surface area contributed by atoms with Crippen molar-refractivity contribution in [2.24, 2.45) is 5.92 Å². The summed E-state index contributed by atoms with van der Waals surface area (Å²) >= 11 is 5.65. The van der Waals surface area contributed by atoms with Gasteiger partial charge in [0.2, 0.25) is 0 Å². The molecule has 1 saturated heterocycles. The maximum Gasteiger partial charge on any atom is 0.137 e. The molecule has 0 radical (unpaired) electrons. The molecule has 2 nitrogen and oxygen atoms in total. The highest BCUT2D eigenvalue weighted by molar-refractivity contribution is 6.30. The van der Waals surface area contributed by atoms with Crippen molar-refractivity contribution >= 4 is 17.4 Å². The number of benzene rings is 1. The van der Waals surface area contributed by atoms with E-state index in [9.17, 15) is 9.18 Å². The van der Waals surface area contributed by atoms with E-state index in [1.54, 1.807) is 12.1 Å². The van der Waals surface area contributed by atoms with Crippen LogP contribution in [-0.4, -0.2) is 19.0 Å². The second-order valence-corrected chi connectivity index (χ2v) is 4.82. The number of Topliss-reactive ketones (excluding diaryl/α,β-unsaturated/α-hetero) is 1. The molecule has 1 atom stereocenters. The fraction of sp³-hybridized carbons (Fsp3) is 0.462. The lowest BCUT2D eigenvalue weighted by atomic mass is 9.98. The monoisotopic (exact) mass is 256 g/mol. The molecule has 0 N–H and O–H groups in total. The summed E-state index contributed by atoms with van der Waals surface area (Å²) in [4.78, 5) is 11.8. The predicted molar refractivity (Wildman–Crippen MR) is 63.7 cm³/mol. The number of hydrogen-bond donors (Lipinski definition) is 0. The first-order valence-corrected chi connectivity index (χ1v) is 6.06. The molecular formula is C13H14ClFO2. The van der Waals surface area contributed by atoms with Crippen molar-refractivity contribution in [1.82, 2.24) is 0 Å². The molecule has 0 saturated carbocycles. The average molecular weight is 257 g/mol. The molecule has 0 aliphatic carbocycles. The van der Waals surface area contributed by atoms with E-state index in [2.05, 4.69) is 0 Å². The van der Waals surface area contributed by atoms with Crippen LogP contribution in [0.25, 0.3) is 0 Å². The molecule has 2 rings (SSSR count). The van der Waals surface area contributed by atoms with Crippen molar-refractivity contribution in [3.63, 3.8) is 0 Å². The lowest BCUT2D eigenvalue weighted by molar-refractivity contribution is -0.119. The minimum Gasteiger partial charge on any atom is -0.381 e. The molecule has 1 unspecified atom stereocenters. The highest BCUT2D eigenvalue weighted by atomic mass is 35.5. The summed E-state index contributed by atoms with van der Waals surface area (Å²) in [6, 6.07) is 4.41. The largest absolute Gasteiger partial charge is 0.381 e. The quantitative estimate of drug-likeness (QED) is 0.828. The molecule has 4 heteroatoms. The Balaban J connectivity index is 1.93. The van der Waals surface area contributed by atoms with Gasteiger partial charge in [-0.2, -0.15) is 0 Å². The Morgan fingerprint density at radius 2 is 2.35 bits per heavy atom. The second-order valence-electron chi connectivity index (χ2n) is 4.38. The molecule has 0 amide bonds. The molecule has 0 spiro atoms. The van der Waals surface area contributed by atoms with E-state index in [1.807, 2.05) is 0 Å². The predicted octanol–water partition coefficient (Wildman–Crippen LogP) is 3.02. The summed E-state index contributed by atoms with van der Waals surface area (Å²) < 4.78 is 18.7. The van der Waals surface area contributed by atoms with E-state index in [-0.39, 0.29) is 12.2 Å². The van der Waals surface area contributed by atoms with Gasteiger partial charge in [-0.05, 0) is 30.0 Å². The molecule has 1 fully saturated rings. The topological polar surface area (TPSA) is 26.3 Å². The van der Waals surface area contributed by atoms with Crippen LogP contribution in [0, 0.1) is 11.7 Å². The number of ether oxygens (including phenoxy) is 1. The third kappa shape index (κ3) is 3.51. The summed E-state index contributed by atoms with van der Waals surface area (Å²) in [6.07, 6.45) is 1.54. The minimum atomic E-state index is -0.409. The van der Waals surface area contributed by atoms with Gasteiger partial charge in [0.25, 0.3) is 0 Å². The van der Waals surface area contributed by atoms with Gasteiger partial charge in [0, 0.05) is 31.1 Å². The Labute approximate surface area is 105 Å². The van der Waals surface area contributed by atoms with Crippen LogP contribution in [0.1, 0.15) is 18.4 Å². The van der Waals surface area contributed by atoms with Crippen molar-refractivity contribution in [3.05, 3.63) is 34.6 Å². The third-order valence-electron chi connectivity index (χ3n) is 2.94. The van der Waals surface area contributed by atoms with Gasteiger partial charge in [-0.15, -0.1) is 0 Å². The Morgan fingerprint density at radius 3 is 3.00 bits per heavy atom. The van der Waals surface area contributed by atoms with E-state index in [0.29, 0.717) is 29.5 Å². The number of rotatable bonds is 4. The average Bonchev–Trinajstić information content (AvgIpc) is 2.75. The zero-order chi connectivity index (χ0) is 12.3. The first-order valence-electron chi connectivity index (χ1n) is 5.68. The minimum absolute atomic E-state index is 0.0572. The van der Waals surface area contributed by atoms with Gasteiger partial charge in [-0.1, -0.05) is 17.7 Å². The normalized spacial score (nSPS) is 19.5. The molecular weight excluding hydrogens is 243 g/mol. The zero-order valence-electron chi connectivity index (χ0n) is 9.42. The van der Waals surface area contributed by atoms with E-state index in [4.69, 9.17) is 16.3 Å². The Hall–Kier alpha value is -0.930. The molecule has 1 aliphatic rings. The van der Waals surface area contributed by atoms with Crippen LogP contribution in [0.15, 0.2) is 18.2 Å². The van der Waals surface area contributed by atoms with Crippen LogP contribution in [0.2, 0.25) is 5.02 Å². The van der Waals surface area contributed by atoms with Gasteiger partial charge in [0.15, 0.2) is 0 Å². The van der Waals surface area contributed by atoms with Gasteiger partial charge in [-0.25, -0.2) is 4.39 Å². The molecule has 92 valence electrons. The van der Waals surface area contributed by atoms with Crippen LogP contribution in [-0.2, 0) is 16.0 Å². The van der Waals surface area contributed by atoms with Crippen LogP contribution in [0.3, 0.4) is 0 Å². The summed E-state index contributed by atoms with van der Waals surface area (Å²) in [5.41, 5.74) is 0.415. The molecule has 0 bridgehead atoms. The van der Waals surface area contributed by atoms with Gasteiger partial charge in [-0.3, -0.25) is 4.79 Å². The lowest BCUT2D eigenvalue weighted by Crippen LogP contribution is -2.11. The first-order chi connectivity index (χ1) is 8.15. The molecule has 17 heavy (non-hydrogen) atoms. The number of ketones is 1. The van der Waals surface area contributed by atoms with Crippen LogP contribution in [0.5, 0.6) is 0 Å². The highest BCUT2D eigenvalue weighted by Crippen LogP contribution is 2.19. The maximum absolute atomic E-state index is 13.5. The van der Waals surface area contributed by atoms with Crippen molar-refractivity contribution in [1.29, 1.82) is 0 Å². The Morgan fingerprint density at radius 1 is 1.53 bits per heavy atom. The lowest BCUT2D eigenvalue weighted by Gasteiger charge is -2.07. The number of halogens is 2. The van der Waals surface area contributed by atoms with Crippen LogP contribution in [0.4, 0.5) is 4.39 Å². The number of carbonyl (C=O) groups is 1. The van der Waals surface area contributed by atoms with Crippen LogP contribution >= 0.6 is 11.6 Å². The van der Waals surface area contributed by atoms with E-state index in [0.717, 1.165) is 13.0 Å². The summed E-state index contributed by atoms with van der Waals surface area (Å²) in [7, 11) is 0. The Kier molecular flexibility index (Phi) is 4.13. The maximum atomic E-state index is 13.5. The second kappa shape index (κ2) is 5.61. The Bertz CT molecular complexity index is 414. The standard InChI is InChI=1S/C13H14ClFO2/c14-11-2-1-10(13(15)7-11)6-12(16)5-9-3-4-17-8-9/h1-2,7,9H,3-6,8H2. The smallest absolute Gasteiger partial charge is 0.137 e.